The van der Waals surface area contributed by atoms with Crippen molar-refractivity contribution >= 4 is 17.6 Å². The summed E-state index contributed by atoms with van der Waals surface area (Å²) in [6, 6.07) is 2.72. The Balaban J connectivity index is 1.73. The smallest absolute Gasteiger partial charge is 0.254 e. The van der Waals surface area contributed by atoms with Crippen molar-refractivity contribution in [3.05, 3.63) is 23.9 Å². The maximum atomic E-state index is 12.5. The Kier molecular flexibility index (Phi) is 4.08. The van der Waals surface area contributed by atoms with Crippen LogP contribution in [0.2, 0.25) is 0 Å². The minimum absolute atomic E-state index is 0.0636. The van der Waals surface area contributed by atoms with E-state index < -0.39 is 6.10 Å². The lowest BCUT2D eigenvalue weighted by atomic mass is 10.2. The second-order valence-corrected chi connectivity index (χ2v) is 5.88. The normalized spacial score (nSPS) is 24.4. The zero-order valence-electron chi connectivity index (χ0n) is 12.1. The lowest BCUT2D eigenvalue weighted by molar-refractivity contribution is -0.117. The standard InChI is InChI=1S/C15H19N3O4/c19-8-11-6-12(20)7-18(11)15(22)10-3-4-16-13(5-10)17-14(21)9-1-2-9/h3-5,9,11-12,19-20H,1-2,6-8H2,(H,16,17,21)/t11-,12+/m0/s1. The molecule has 1 saturated carbocycles. The highest BCUT2D eigenvalue weighted by atomic mass is 16.3. The zero-order valence-corrected chi connectivity index (χ0v) is 12.1. The molecule has 2 atom stereocenters. The molecule has 1 aromatic heterocycles. The summed E-state index contributed by atoms with van der Waals surface area (Å²) in [4.78, 5) is 29.8. The average Bonchev–Trinajstić information content (AvgIpc) is 3.29. The quantitative estimate of drug-likeness (QED) is 0.726. The molecule has 1 aliphatic heterocycles. The Hall–Kier alpha value is -1.99. The van der Waals surface area contributed by atoms with Gasteiger partial charge in [-0.3, -0.25) is 9.59 Å². The fraction of sp³-hybridized carbons (Fsp3) is 0.533. The van der Waals surface area contributed by atoms with Gasteiger partial charge in [-0.1, -0.05) is 0 Å². The van der Waals surface area contributed by atoms with Gasteiger partial charge in [-0.15, -0.1) is 0 Å². The SMILES string of the molecule is O=C(Nc1cc(C(=O)N2C[C@H](O)C[C@H]2CO)ccn1)C1CC1. The molecule has 7 heteroatoms. The van der Waals surface area contributed by atoms with E-state index in [0.29, 0.717) is 17.8 Å². The first kappa shape index (κ1) is 14.9. The first-order valence-electron chi connectivity index (χ1n) is 7.45. The second kappa shape index (κ2) is 6.02. The van der Waals surface area contributed by atoms with E-state index in [2.05, 4.69) is 10.3 Å². The summed E-state index contributed by atoms with van der Waals surface area (Å²) in [6.45, 7) is 0.0231. The predicted molar refractivity (Wildman–Crippen MR) is 78.1 cm³/mol. The number of hydrogen-bond acceptors (Lipinski definition) is 5. The van der Waals surface area contributed by atoms with Crippen molar-refractivity contribution < 1.29 is 19.8 Å². The van der Waals surface area contributed by atoms with Gasteiger partial charge in [0.05, 0.1) is 18.8 Å². The molecular formula is C15H19N3O4. The van der Waals surface area contributed by atoms with E-state index in [4.69, 9.17) is 0 Å². The maximum absolute atomic E-state index is 12.5. The lowest BCUT2D eigenvalue weighted by Gasteiger charge is -2.22. The molecule has 2 aliphatic rings. The number of carbonyl (C=O) groups excluding carboxylic acids is 2. The molecule has 2 fully saturated rings. The maximum Gasteiger partial charge on any atom is 0.254 e. The Morgan fingerprint density at radius 3 is 2.86 bits per heavy atom. The Bertz CT molecular complexity index is 588. The number of anilines is 1. The first-order chi connectivity index (χ1) is 10.6. The van der Waals surface area contributed by atoms with Gasteiger partial charge < -0.3 is 20.4 Å². The number of rotatable bonds is 4. The molecule has 1 aliphatic carbocycles. The fourth-order valence-electron chi connectivity index (χ4n) is 2.69. The van der Waals surface area contributed by atoms with E-state index in [1.807, 2.05) is 0 Å². The number of aromatic nitrogens is 1. The molecule has 0 aromatic carbocycles. The molecule has 22 heavy (non-hydrogen) atoms. The number of nitrogens with one attached hydrogen (secondary N) is 1. The molecule has 3 rings (SSSR count). The van der Waals surface area contributed by atoms with E-state index in [-0.39, 0.29) is 36.9 Å². The average molecular weight is 305 g/mol. The summed E-state index contributed by atoms with van der Waals surface area (Å²) in [6.07, 6.45) is 3.02. The third-order valence-electron chi connectivity index (χ3n) is 4.07. The van der Waals surface area contributed by atoms with Gasteiger partial charge in [0, 0.05) is 24.2 Å². The predicted octanol–water partition coefficient (Wildman–Crippen LogP) is -0.00220. The van der Waals surface area contributed by atoms with Crippen LogP contribution in [0.4, 0.5) is 5.82 Å². The van der Waals surface area contributed by atoms with E-state index in [1.165, 1.54) is 17.2 Å². The summed E-state index contributed by atoms with van der Waals surface area (Å²) in [5.41, 5.74) is 0.383. The number of pyridine rings is 1. The van der Waals surface area contributed by atoms with Crippen molar-refractivity contribution in [3.8, 4) is 0 Å². The molecule has 0 spiro atoms. The van der Waals surface area contributed by atoms with Crippen LogP contribution in [0.25, 0.3) is 0 Å². The molecule has 1 aromatic rings. The number of aliphatic hydroxyl groups is 2. The largest absolute Gasteiger partial charge is 0.394 e. The fourth-order valence-corrected chi connectivity index (χ4v) is 2.69. The lowest BCUT2D eigenvalue weighted by Crippen LogP contribution is -2.38. The van der Waals surface area contributed by atoms with Crippen molar-refractivity contribution in [3.63, 3.8) is 0 Å². The van der Waals surface area contributed by atoms with Crippen LogP contribution in [0.3, 0.4) is 0 Å². The third kappa shape index (κ3) is 3.10. The number of carbonyl (C=O) groups is 2. The first-order valence-corrected chi connectivity index (χ1v) is 7.45. The van der Waals surface area contributed by atoms with Crippen molar-refractivity contribution in [2.75, 3.05) is 18.5 Å². The van der Waals surface area contributed by atoms with Gasteiger partial charge in [-0.2, -0.15) is 0 Å². The van der Waals surface area contributed by atoms with Gasteiger partial charge in [0.2, 0.25) is 5.91 Å². The highest BCUT2D eigenvalue weighted by Crippen LogP contribution is 2.30. The Labute approximate surface area is 128 Å². The van der Waals surface area contributed by atoms with Crippen LogP contribution in [0.15, 0.2) is 18.3 Å². The van der Waals surface area contributed by atoms with Gasteiger partial charge in [0.25, 0.3) is 5.91 Å². The van der Waals surface area contributed by atoms with Crippen LogP contribution in [-0.2, 0) is 4.79 Å². The second-order valence-electron chi connectivity index (χ2n) is 5.88. The minimum atomic E-state index is -0.614. The number of aliphatic hydroxyl groups excluding tert-OH is 2. The topological polar surface area (TPSA) is 103 Å². The third-order valence-corrected chi connectivity index (χ3v) is 4.07. The molecule has 3 N–H and O–H groups in total. The number of nitrogens with zero attached hydrogens (tertiary/aromatic N) is 2. The molecule has 0 radical (unpaired) electrons. The van der Waals surface area contributed by atoms with Gasteiger partial charge in [-0.05, 0) is 31.4 Å². The summed E-state index contributed by atoms with van der Waals surface area (Å²) < 4.78 is 0. The highest BCUT2D eigenvalue weighted by molar-refractivity contribution is 5.97. The van der Waals surface area contributed by atoms with Crippen LogP contribution in [0, 0.1) is 5.92 Å². The molecule has 1 saturated heterocycles. The zero-order chi connectivity index (χ0) is 15.7. The molecule has 2 heterocycles. The van der Waals surface area contributed by atoms with Crippen LogP contribution < -0.4 is 5.32 Å². The van der Waals surface area contributed by atoms with Gasteiger partial charge in [0.15, 0.2) is 0 Å². The Morgan fingerprint density at radius 1 is 1.41 bits per heavy atom. The minimum Gasteiger partial charge on any atom is -0.394 e. The van der Waals surface area contributed by atoms with Gasteiger partial charge in [0.1, 0.15) is 5.82 Å². The molecule has 2 amide bonds. The van der Waals surface area contributed by atoms with E-state index in [1.54, 1.807) is 6.07 Å². The van der Waals surface area contributed by atoms with Crippen molar-refractivity contribution in [1.82, 2.24) is 9.88 Å². The van der Waals surface area contributed by atoms with Crippen LogP contribution in [0.5, 0.6) is 0 Å². The van der Waals surface area contributed by atoms with Crippen LogP contribution in [0.1, 0.15) is 29.6 Å². The van der Waals surface area contributed by atoms with E-state index in [0.717, 1.165) is 12.8 Å². The van der Waals surface area contributed by atoms with E-state index in [9.17, 15) is 19.8 Å². The molecule has 118 valence electrons. The summed E-state index contributed by atoms with van der Waals surface area (Å²) >= 11 is 0. The number of β-amino-alcohol motifs (C(OH)–C–C–N with tert-alkyl or cyclic N) is 1. The molecule has 0 bridgehead atoms. The Morgan fingerprint density at radius 2 is 2.18 bits per heavy atom. The number of likely N-dealkylation sites (tertiary alicyclic amines) is 1. The monoisotopic (exact) mass is 305 g/mol. The molecule has 0 unspecified atom stereocenters. The van der Waals surface area contributed by atoms with Gasteiger partial charge >= 0.3 is 0 Å². The van der Waals surface area contributed by atoms with Gasteiger partial charge in [-0.25, -0.2) is 4.98 Å². The van der Waals surface area contributed by atoms with Crippen molar-refractivity contribution in [1.29, 1.82) is 0 Å². The summed E-state index contributed by atoms with van der Waals surface area (Å²) in [5, 5.41) is 21.7. The summed E-state index contributed by atoms with van der Waals surface area (Å²) in [7, 11) is 0. The van der Waals surface area contributed by atoms with E-state index >= 15 is 0 Å². The van der Waals surface area contributed by atoms with Crippen molar-refractivity contribution in [2.45, 2.75) is 31.4 Å². The number of hydrogen-bond donors (Lipinski definition) is 3. The molecule has 7 nitrogen and oxygen atoms in total. The molecular weight excluding hydrogens is 286 g/mol. The van der Waals surface area contributed by atoms with Crippen LogP contribution in [-0.4, -0.2) is 57.2 Å². The van der Waals surface area contributed by atoms with Crippen molar-refractivity contribution in [2.24, 2.45) is 5.92 Å². The highest BCUT2D eigenvalue weighted by Gasteiger charge is 2.34. The number of amides is 2. The summed E-state index contributed by atoms with van der Waals surface area (Å²) in [5.74, 6) is 0.0681. The van der Waals surface area contributed by atoms with Crippen LogP contribution >= 0.6 is 0 Å².